The van der Waals surface area contributed by atoms with Crippen molar-refractivity contribution in [3.8, 4) is 0 Å². The van der Waals surface area contributed by atoms with Gasteiger partial charge in [-0.1, -0.05) is 12.1 Å². The molecule has 1 amide bonds. The van der Waals surface area contributed by atoms with Crippen molar-refractivity contribution < 1.29 is 17.9 Å². The summed E-state index contributed by atoms with van der Waals surface area (Å²) in [6, 6.07) is 5.20. The summed E-state index contributed by atoms with van der Waals surface area (Å²) in [6.07, 6.45) is 4.58. The van der Waals surface area contributed by atoms with Crippen molar-refractivity contribution in [3.05, 3.63) is 29.3 Å². The number of likely N-dealkylation sites (N-methyl/N-ethyl adjacent to an activating group) is 1. The minimum absolute atomic E-state index is 0.0539. The fourth-order valence-electron chi connectivity index (χ4n) is 3.07. The van der Waals surface area contributed by atoms with E-state index in [-0.39, 0.29) is 18.6 Å². The number of carbonyl (C=O) groups excluding carboxylic acids is 1. The number of rotatable bonds is 7. The highest BCUT2D eigenvalue weighted by atomic mass is 32.2. The van der Waals surface area contributed by atoms with Crippen LogP contribution in [0.3, 0.4) is 0 Å². The van der Waals surface area contributed by atoms with Crippen LogP contribution >= 0.6 is 0 Å². The molecule has 2 rings (SSSR count). The molecule has 162 valence electrons. The van der Waals surface area contributed by atoms with E-state index < -0.39 is 9.84 Å². The van der Waals surface area contributed by atoms with E-state index in [0.717, 1.165) is 31.4 Å². The number of carbonyl (C=O) groups is 1. The monoisotopic (exact) mass is 424 g/mol. The van der Waals surface area contributed by atoms with Gasteiger partial charge in [-0.2, -0.15) is 0 Å². The van der Waals surface area contributed by atoms with Crippen LogP contribution in [0.15, 0.2) is 28.1 Å². The van der Waals surface area contributed by atoms with Crippen molar-refractivity contribution >= 4 is 21.7 Å². The number of guanidine groups is 1. The Hall–Kier alpha value is -2.13. The standard InChI is InChI=1S/C20H32N4O4S/c1-15-11-16(8-9-18(15)29(4,26)27)12-21-20(23-14-19(25)24(2)3)22-13-17-7-5-6-10-28-17/h8-9,11,17H,5-7,10,12-14H2,1-4H3,(H2,21,22,23). The summed E-state index contributed by atoms with van der Waals surface area (Å²) in [5, 5.41) is 6.31. The van der Waals surface area contributed by atoms with Crippen LogP contribution in [0.25, 0.3) is 0 Å². The zero-order valence-electron chi connectivity index (χ0n) is 17.7. The Bertz CT molecular complexity index is 831. The van der Waals surface area contributed by atoms with Gasteiger partial charge in [-0.15, -0.1) is 0 Å². The highest BCUT2D eigenvalue weighted by molar-refractivity contribution is 7.90. The Morgan fingerprint density at radius 1 is 1.28 bits per heavy atom. The number of hydrogen-bond donors (Lipinski definition) is 2. The van der Waals surface area contributed by atoms with Crippen molar-refractivity contribution in [3.63, 3.8) is 0 Å². The molecule has 1 atom stereocenters. The predicted octanol–water partition coefficient (Wildman–Crippen LogP) is 1.09. The Balaban J connectivity index is 2.06. The lowest BCUT2D eigenvalue weighted by Gasteiger charge is -2.24. The second-order valence-electron chi connectivity index (χ2n) is 7.55. The molecule has 0 saturated carbocycles. The quantitative estimate of drug-likeness (QED) is 0.502. The zero-order valence-corrected chi connectivity index (χ0v) is 18.5. The molecule has 29 heavy (non-hydrogen) atoms. The molecule has 1 fully saturated rings. The Kier molecular flexibility index (Phi) is 8.45. The van der Waals surface area contributed by atoms with E-state index in [9.17, 15) is 13.2 Å². The van der Waals surface area contributed by atoms with Gasteiger partial charge in [0.15, 0.2) is 15.8 Å². The largest absolute Gasteiger partial charge is 0.376 e. The van der Waals surface area contributed by atoms with Gasteiger partial charge >= 0.3 is 0 Å². The van der Waals surface area contributed by atoms with Crippen LogP contribution in [0.4, 0.5) is 0 Å². The maximum atomic E-state index is 11.9. The third kappa shape index (κ3) is 7.66. The fraction of sp³-hybridized carbons (Fsp3) is 0.600. The molecule has 0 aromatic heterocycles. The Morgan fingerprint density at radius 2 is 2.03 bits per heavy atom. The average Bonchev–Trinajstić information content (AvgIpc) is 2.66. The van der Waals surface area contributed by atoms with E-state index in [4.69, 9.17) is 4.74 Å². The molecule has 2 N–H and O–H groups in total. The van der Waals surface area contributed by atoms with Crippen LogP contribution in [0.5, 0.6) is 0 Å². The molecular weight excluding hydrogens is 392 g/mol. The highest BCUT2D eigenvalue weighted by Gasteiger charge is 2.15. The van der Waals surface area contributed by atoms with Gasteiger partial charge in [0.25, 0.3) is 0 Å². The molecule has 0 bridgehead atoms. The summed E-state index contributed by atoms with van der Waals surface area (Å²) in [6.45, 7) is 3.67. The van der Waals surface area contributed by atoms with E-state index in [0.29, 0.717) is 29.5 Å². The van der Waals surface area contributed by atoms with Crippen LogP contribution < -0.4 is 10.6 Å². The summed E-state index contributed by atoms with van der Waals surface area (Å²) in [7, 11) is 0.164. The second-order valence-corrected chi connectivity index (χ2v) is 9.53. The molecule has 0 spiro atoms. The van der Waals surface area contributed by atoms with Gasteiger partial charge in [0.1, 0.15) is 0 Å². The van der Waals surface area contributed by atoms with E-state index >= 15 is 0 Å². The maximum Gasteiger partial charge on any atom is 0.241 e. The van der Waals surface area contributed by atoms with E-state index in [1.807, 2.05) is 6.07 Å². The first-order valence-corrected chi connectivity index (χ1v) is 11.7. The molecule has 8 nitrogen and oxygen atoms in total. The summed E-state index contributed by atoms with van der Waals surface area (Å²) in [5.74, 6) is 0.473. The van der Waals surface area contributed by atoms with Crippen molar-refractivity contribution in [1.82, 2.24) is 15.5 Å². The smallest absolute Gasteiger partial charge is 0.241 e. The third-order valence-corrected chi connectivity index (χ3v) is 5.99. The van der Waals surface area contributed by atoms with Crippen LogP contribution in [0, 0.1) is 6.92 Å². The molecule has 0 radical (unpaired) electrons. The first-order valence-electron chi connectivity index (χ1n) is 9.80. The van der Waals surface area contributed by atoms with Crippen LogP contribution in [0.1, 0.15) is 30.4 Å². The van der Waals surface area contributed by atoms with E-state index in [1.54, 1.807) is 33.2 Å². The van der Waals surface area contributed by atoms with Gasteiger partial charge in [0.2, 0.25) is 5.91 Å². The molecule has 9 heteroatoms. The molecule has 1 heterocycles. The van der Waals surface area contributed by atoms with Crippen molar-refractivity contribution in [2.24, 2.45) is 4.99 Å². The van der Waals surface area contributed by atoms with Gasteiger partial charge in [-0.25, -0.2) is 13.4 Å². The number of sulfone groups is 1. The Morgan fingerprint density at radius 3 is 2.62 bits per heavy atom. The van der Waals surface area contributed by atoms with Crippen molar-refractivity contribution in [2.75, 3.05) is 40.0 Å². The van der Waals surface area contributed by atoms with Gasteiger partial charge in [-0.05, 0) is 43.4 Å². The second kappa shape index (κ2) is 10.6. The van der Waals surface area contributed by atoms with Gasteiger partial charge in [-0.3, -0.25) is 4.79 Å². The van der Waals surface area contributed by atoms with Crippen molar-refractivity contribution in [2.45, 2.75) is 43.7 Å². The van der Waals surface area contributed by atoms with E-state index in [1.165, 1.54) is 11.2 Å². The minimum Gasteiger partial charge on any atom is -0.376 e. The van der Waals surface area contributed by atoms with Crippen LogP contribution in [-0.4, -0.2) is 71.3 Å². The molecule has 1 aromatic carbocycles. The van der Waals surface area contributed by atoms with E-state index in [2.05, 4.69) is 15.6 Å². The number of nitrogens with zero attached hydrogens (tertiary/aromatic N) is 2. The zero-order chi connectivity index (χ0) is 21.4. The summed E-state index contributed by atoms with van der Waals surface area (Å²) >= 11 is 0. The number of amides is 1. The number of hydrogen-bond acceptors (Lipinski definition) is 5. The number of aryl methyl sites for hydroxylation is 1. The summed E-state index contributed by atoms with van der Waals surface area (Å²) in [4.78, 5) is 18.3. The highest BCUT2D eigenvalue weighted by Crippen LogP contribution is 2.17. The first kappa shape index (κ1) is 23.2. The average molecular weight is 425 g/mol. The summed E-state index contributed by atoms with van der Waals surface area (Å²) < 4.78 is 29.3. The first-order chi connectivity index (χ1) is 13.7. The Labute approximate surface area is 173 Å². The molecule has 1 unspecified atom stereocenters. The van der Waals surface area contributed by atoms with Gasteiger partial charge in [0, 0.05) is 33.5 Å². The fourth-order valence-corrected chi connectivity index (χ4v) is 4.03. The normalized spacial score (nSPS) is 17.7. The molecular formula is C20H32N4O4S. The maximum absolute atomic E-state index is 11.9. The number of aliphatic imine (C=N–C) groups is 1. The minimum atomic E-state index is -3.25. The molecule has 0 aliphatic carbocycles. The number of nitrogens with one attached hydrogen (secondary N) is 2. The molecule has 1 saturated heterocycles. The molecule has 1 aromatic rings. The number of benzene rings is 1. The third-order valence-electron chi connectivity index (χ3n) is 4.74. The lowest BCUT2D eigenvalue weighted by atomic mass is 10.1. The number of ether oxygens (including phenoxy) is 1. The lowest BCUT2D eigenvalue weighted by Crippen LogP contribution is -2.45. The van der Waals surface area contributed by atoms with Crippen LogP contribution in [-0.2, 0) is 25.9 Å². The SMILES string of the molecule is Cc1cc(CN=C(NCC(=O)N(C)C)NCC2CCCCO2)ccc1S(C)(=O)=O. The van der Waals surface area contributed by atoms with Gasteiger partial charge in [0.05, 0.1) is 24.1 Å². The summed E-state index contributed by atoms with van der Waals surface area (Å²) in [5.41, 5.74) is 1.59. The van der Waals surface area contributed by atoms with Crippen molar-refractivity contribution in [1.29, 1.82) is 0 Å². The topological polar surface area (TPSA) is 100 Å². The van der Waals surface area contributed by atoms with Crippen LogP contribution in [0.2, 0.25) is 0 Å². The lowest BCUT2D eigenvalue weighted by molar-refractivity contribution is -0.127. The predicted molar refractivity (Wildman–Crippen MR) is 114 cm³/mol. The molecule has 1 aliphatic heterocycles. The molecule has 1 aliphatic rings. The van der Waals surface area contributed by atoms with Gasteiger partial charge < -0.3 is 20.3 Å².